The van der Waals surface area contributed by atoms with Gasteiger partial charge in [-0.3, -0.25) is 0 Å². The Morgan fingerprint density at radius 1 is 1.53 bits per heavy atom. The number of benzene rings is 1. The number of aliphatic hydroxyl groups is 1. The third-order valence-electron chi connectivity index (χ3n) is 1.94. The summed E-state index contributed by atoms with van der Waals surface area (Å²) in [6.45, 7) is 0. The molecule has 0 aliphatic carbocycles. The topological polar surface area (TPSA) is 88.2 Å². The fourth-order valence-corrected chi connectivity index (χ4v) is 1.51. The molecule has 80 valence electrons. The Kier molecular flexibility index (Phi) is 3.99. The second-order valence-corrected chi connectivity index (χ2v) is 4.00. The summed E-state index contributed by atoms with van der Waals surface area (Å²) in [7, 11) is 0. The molecule has 4 N–H and O–H groups in total. The SMILES string of the molecule is N=CC(O)C(=N)Cc1cc(Br)ccc1O. The number of halogens is 1. The third kappa shape index (κ3) is 3.14. The van der Waals surface area contributed by atoms with Crippen LogP contribution in [0.3, 0.4) is 0 Å². The van der Waals surface area contributed by atoms with E-state index in [2.05, 4.69) is 15.9 Å². The predicted molar refractivity (Wildman–Crippen MR) is 62.0 cm³/mol. The van der Waals surface area contributed by atoms with E-state index in [1.165, 1.54) is 6.07 Å². The Morgan fingerprint density at radius 3 is 2.80 bits per heavy atom. The molecule has 15 heavy (non-hydrogen) atoms. The monoisotopic (exact) mass is 270 g/mol. The number of rotatable bonds is 4. The molecule has 1 unspecified atom stereocenters. The van der Waals surface area contributed by atoms with Gasteiger partial charge < -0.3 is 21.0 Å². The normalized spacial score (nSPS) is 12.1. The lowest BCUT2D eigenvalue weighted by molar-refractivity contribution is 0.306. The van der Waals surface area contributed by atoms with Crippen molar-refractivity contribution in [1.29, 1.82) is 10.8 Å². The first-order valence-corrected chi connectivity index (χ1v) is 5.07. The highest BCUT2D eigenvalue weighted by atomic mass is 79.9. The Hall–Kier alpha value is -1.20. The van der Waals surface area contributed by atoms with E-state index in [4.69, 9.17) is 10.8 Å². The Labute approximate surface area is 95.7 Å². The number of hydrogen-bond acceptors (Lipinski definition) is 4. The molecule has 0 saturated carbocycles. The number of nitrogens with one attached hydrogen (secondary N) is 2. The lowest BCUT2D eigenvalue weighted by Gasteiger charge is -2.08. The minimum atomic E-state index is -1.18. The van der Waals surface area contributed by atoms with Crippen molar-refractivity contribution in [3.8, 4) is 5.75 Å². The molecule has 0 radical (unpaired) electrons. The van der Waals surface area contributed by atoms with E-state index in [-0.39, 0.29) is 17.9 Å². The quantitative estimate of drug-likeness (QED) is 0.628. The highest BCUT2D eigenvalue weighted by Crippen LogP contribution is 2.22. The van der Waals surface area contributed by atoms with E-state index in [0.29, 0.717) is 5.56 Å². The van der Waals surface area contributed by atoms with Crippen molar-refractivity contribution >= 4 is 27.9 Å². The van der Waals surface area contributed by atoms with E-state index in [1.807, 2.05) is 0 Å². The summed E-state index contributed by atoms with van der Waals surface area (Å²) < 4.78 is 0.799. The molecular formula is C10H11BrN2O2. The second-order valence-electron chi connectivity index (χ2n) is 3.09. The molecule has 0 aliphatic heterocycles. The summed E-state index contributed by atoms with van der Waals surface area (Å²) in [5.74, 6) is 0.0835. The van der Waals surface area contributed by atoms with E-state index < -0.39 is 6.10 Å². The maximum absolute atomic E-state index is 9.48. The van der Waals surface area contributed by atoms with Gasteiger partial charge in [-0.25, -0.2) is 0 Å². The molecule has 0 heterocycles. The molecule has 1 aromatic rings. The zero-order valence-corrected chi connectivity index (χ0v) is 9.45. The fraction of sp³-hybridized carbons (Fsp3) is 0.200. The average molecular weight is 271 g/mol. The summed E-state index contributed by atoms with van der Waals surface area (Å²) in [6.07, 6.45) is -0.262. The molecule has 1 atom stereocenters. The second kappa shape index (κ2) is 5.04. The van der Waals surface area contributed by atoms with Crippen LogP contribution in [0.4, 0.5) is 0 Å². The number of aromatic hydroxyl groups is 1. The highest BCUT2D eigenvalue weighted by Gasteiger charge is 2.11. The smallest absolute Gasteiger partial charge is 0.126 e. The summed E-state index contributed by atoms with van der Waals surface area (Å²) >= 11 is 3.25. The van der Waals surface area contributed by atoms with Crippen LogP contribution in [-0.4, -0.2) is 28.2 Å². The first kappa shape index (κ1) is 11.9. The molecule has 0 amide bonds. The van der Waals surface area contributed by atoms with Crippen LogP contribution in [-0.2, 0) is 6.42 Å². The van der Waals surface area contributed by atoms with E-state index in [9.17, 15) is 10.2 Å². The molecular weight excluding hydrogens is 260 g/mol. The van der Waals surface area contributed by atoms with Gasteiger partial charge in [-0.2, -0.15) is 0 Å². The van der Waals surface area contributed by atoms with Gasteiger partial charge in [0.1, 0.15) is 11.9 Å². The van der Waals surface area contributed by atoms with Crippen LogP contribution in [0.2, 0.25) is 0 Å². The van der Waals surface area contributed by atoms with Crippen molar-refractivity contribution < 1.29 is 10.2 Å². The van der Waals surface area contributed by atoms with Gasteiger partial charge in [0.2, 0.25) is 0 Å². The van der Waals surface area contributed by atoms with Crippen LogP contribution in [0.5, 0.6) is 5.75 Å². The summed E-state index contributed by atoms with van der Waals surface area (Å²) in [5.41, 5.74) is 0.536. The van der Waals surface area contributed by atoms with Gasteiger partial charge in [0.05, 0.1) is 0 Å². The molecule has 0 bridgehead atoms. The van der Waals surface area contributed by atoms with Gasteiger partial charge in [-0.1, -0.05) is 15.9 Å². The largest absolute Gasteiger partial charge is 0.508 e. The maximum Gasteiger partial charge on any atom is 0.126 e. The van der Waals surface area contributed by atoms with Crippen molar-refractivity contribution in [3.63, 3.8) is 0 Å². The zero-order valence-electron chi connectivity index (χ0n) is 7.87. The van der Waals surface area contributed by atoms with Crippen LogP contribution in [0.15, 0.2) is 22.7 Å². The molecule has 0 aliphatic rings. The first-order valence-electron chi connectivity index (χ1n) is 4.28. The van der Waals surface area contributed by atoms with Crippen LogP contribution in [0.1, 0.15) is 5.56 Å². The van der Waals surface area contributed by atoms with Gasteiger partial charge in [-0.05, 0) is 18.2 Å². The lowest BCUT2D eigenvalue weighted by Crippen LogP contribution is -2.22. The van der Waals surface area contributed by atoms with Gasteiger partial charge in [-0.15, -0.1) is 0 Å². The molecule has 1 rings (SSSR count). The van der Waals surface area contributed by atoms with Gasteiger partial charge in [0.15, 0.2) is 0 Å². The molecule has 1 aromatic carbocycles. The summed E-state index contributed by atoms with van der Waals surface area (Å²) in [4.78, 5) is 0. The Bertz CT molecular complexity index is 393. The van der Waals surface area contributed by atoms with E-state index in [1.54, 1.807) is 12.1 Å². The Morgan fingerprint density at radius 2 is 2.20 bits per heavy atom. The van der Waals surface area contributed by atoms with Crippen molar-refractivity contribution in [2.45, 2.75) is 12.5 Å². The minimum absolute atomic E-state index is 0.0154. The van der Waals surface area contributed by atoms with Crippen LogP contribution in [0, 0.1) is 10.8 Å². The van der Waals surface area contributed by atoms with Gasteiger partial charge in [0, 0.05) is 28.4 Å². The fourth-order valence-electron chi connectivity index (χ4n) is 1.11. The average Bonchev–Trinajstić information content (AvgIpc) is 2.22. The minimum Gasteiger partial charge on any atom is -0.508 e. The van der Waals surface area contributed by atoms with E-state index >= 15 is 0 Å². The third-order valence-corrected chi connectivity index (χ3v) is 2.43. The van der Waals surface area contributed by atoms with Crippen LogP contribution < -0.4 is 0 Å². The summed E-state index contributed by atoms with van der Waals surface area (Å²) in [6, 6.07) is 4.89. The number of hydrogen-bond donors (Lipinski definition) is 4. The molecule has 0 aromatic heterocycles. The van der Waals surface area contributed by atoms with Crippen molar-refractivity contribution in [3.05, 3.63) is 28.2 Å². The van der Waals surface area contributed by atoms with Crippen LogP contribution in [0.25, 0.3) is 0 Å². The van der Waals surface area contributed by atoms with Crippen LogP contribution >= 0.6 is 15.9 Å². The predicted octanol–water partition coefficient (Wildman–Crippen LogP) is 1.73. The van der Waals surface area contributed by atoms with Gasteiger partial charge >= 0.3 is 0 Å². The lowest BCUT2D eigenvalue weighted by atomic mass is 10.0. The van der Waals surface area contributed by atoms with Crippen molar-refractivity contribution in [2.75, 3.05) is 0 Å². The van der Waals surface area contributed by atoms with E-state index in [0.717, 1.165) is 10.7 Å². The summed E-state index contributed by atoms with van der Waals surface area (Å²) in [5, 5.41) is 33.0. The van der Waals surface area contributed by atoms with Crippen molar-refractivity contribution in [2.24, 2.45) is 0 Å². The Balaban J connectivity index is 2.84. The molecule has 4 nitrogen and oxygen atoms in total. The molecule has 0 fully saturated rings. The number of aliphatic hydroxyl groups excluding tert-OH is 1. The maximum atomic E-state index is 9.48. The first-order chi connectivity index (χ1) is 7.04. The van der Waals surface area contributed by atoms with Crippen molar-refractivity contribution in [1.82, 2.24) is 0 Å². The highest BCUT2D eigenvalue weighted by molar-refractivity contribution is 9.10. The number of phenolic OH excluding ortho intramolecular Hbond substituents is 1. The number of phenols is 1. The zero-order chi connectivity index (χ0) is 11.4. The molecule has 0 saturated heterocycles. The van der Waals surface area contributed by atoms with Gasteiger partial charge in [0.25, 0.3) is 0 Å². The standard InChI is InChI=1S/C10H11BrN2O2/c11-7-1-2-9(14)6(3-7)4-8(13)10(15)5-12/h1-3,5,10,12-15H,4H2. The molecule has 5 heteroatoms. The molecule has 0 spiro atoms.